The van der Waals surface area contributed by atoms with Gasteiger partial charge in [0.25, 0.3) is 0 Å². The summed E-state index contributed by atoms with van der Waals surface area (Å²) < 4.78 is 2.17. The van der Waals surface area contributed by atoms with E-state index < -0.39 is 0 Å². The number of anilines is 1. The molecule has 1 unspecified atom stereocenters. The van der Waals surface area contributed by atoms with Gasteiger partial charge in [-0.3, -0.25) is 9.36 Å². The summed E-state index contributed by atoms with van der Waals surface area (Å²) in [6.07, 6.45) is 3.75. The molecule has 1 N–H and O–H groups in total. The van der Waals surface area contributed by atoms with Gasteiger partial charge in [-0.05, 0) is 43.3 Å². The molecule has 4 rings (SSSR count). The van der Waals surface area contributed by atoms with Crippen LogP contribution in [0.1, 0.15) is 25.8 Å². The summed E-state index contributed by atoms with van der Waals surface area (Å²) in [5, 5.41) is 14.5. The molecule has 3 aromatic rings. The summed E-state index contributed by atoms with van der Waals surface area (Å²) in [5.74, 6) is 1.24. The van der Waals surface area contributed by atoms with Crippen LogP contribution in [-0.4, -0.2) is 30.9 Å². The van der Waals surface area contributed by atoms with Crippen LogP contribution in [0.25, 0.3) is 10.7 Å². The predicted octanol–water partition coefficient (Wildman–Crippen LogP) is 4.51. The third-order valence-electron chi connectivity index (χ3n) is 3.95. The number of carbonyl (C=O) groups is 1. The zero-order chi connectivity index (χ0) is 18.1. The van der Waals surface area contributed by atoms with Gasteiger partial charge >= 0.3 is 0 Å². The molecule has 1 aliphatic rings. The number of halogens is 1. The molecule has 1 atom stereocenters. The molecule has 6 nitrogen and oxygen atoms in total. The molecule has 3 aromatic heterocycles. The molecule has 1 fully saturated rings. The number of nitrogens with one attached hydrogen (secondary N) is 1. The Kier molecular flexibility index (Phi) is 4.97. The van der Waals surface area contributed by atoms with Crippen LogP contribution >= 0.6 is 34.7 Å². The molecule has 0 bridgehead atoms. The Morgan fingerprint density at radius 3 is 2.88 bits per heavy atom. The molecular formula is C17H16ClN5OS2. The van der Waals surface area contributed by atoms with Crippen molar-refractivity contribution < 1.29 is 4.79 Å². The maximum Gasteiger partial charge on any atom is 0.238 e. The Hall–Kier alpha value is -1.90. The molecule has 9 heteroatoms. The van der Waals surface area contributed by atoms with Gasteiger partial charge in [0, 0.05) is 12.2 Å². The van der Waals surface area contributed by atoms with E-state index in [1.807, 2.05) is 24.4 Å². The summed E-state index contributed by atoms with van der Waals surface area (Å²) in [6, 6.07) is 7.86. The first-order chi connectivity index (χ1) is 12.6. The zero-order valence-corrected chi connectivity index (χ0v) is 16.3. The Morgan fingerprint density at radius 2 is 2.23 bits per heavy atom. The first kappa shape index (κ1) is 17.5. The van der Waals surface area contributed by atoms with Gasteiger partial charge in [-0.1, -0.05) is 29.4 Å². The first-order valence-corrected chi connectivity index (χ1v) is 10.3. The van der Waals surface area contributed by atoms with Crippen molar-refractivity contribution in [3.8, 4) is 10.7 Å². The number of nitrogens with zero attached hydrogens (tertiary/aromatic N) is 4. The van der Waals surface area contributed by atoms with E-state index >= 15 is 0 Å². The molecule has 0 spiro atoms. The number of amides is 1. The van der Waals surface area contributed by atoms with E-state index in [0.717, 1.165) is 28.7 Å². The summed E-state index contributed by atoms with van der Waals surface area (Å²) in [4.78, 5) is 17.7. The van der Waals surface area contributed by atoms with E-state index in [4.69, 9.17) is 11.6 Å². The monoisotopic (exact) mass is 405 g/mol. The van der Waals surface area contributed by atoms with Crippen LogP contribution in [0, 0.1) is 0 Å². The second-order valence-electron chi connectivity index (χ2n) is 6.00. The molecule has 134 valence electrons. The van der Waals surface area contributed by atoms with Gasteiger partial charge in [0.15, 0.2) is 11.0 Å². The van der Waals surface area contributed by atoms with Crippen molar-refractivity contribution in [3.63, 3.8) is 0 Å². The highest BCUT2D eigenvalue weighted by atomic mass is 35.5. The van der Waals surface area contributed by atoms with Crippen LogP contribution in [0.3, 0.4) is 0 Å². The fraction of sp³-hybridized carbons (Fsp3) is 0.294. The quantitative estimate of drug-likeness (QED) is 0.611. The predicted molar refractivity (Wildman–Crippen MR) is 105 cm³/mol. The number of hydrogen-bond donors (Lipinski definition) is 1. The SMILES string of the molecule is CC(Sc1nnc(-c2cccs2)n1C1CC1)C(=O)Nc1ccc(Cl)cn1. The molecule has 0 aliphatic heterocycles. The maximum absolute atomic E-state index is 12.5. The van der Waals surface area contributed by atoms with Crippen molar-refractivity contribution >= 4 is 46.4 Å². The minimum absolute atomic E-state index is 0.132. The van der Waals surface area contributed by atoms with E-state index in [2.05, 4.69) is 25.1 Å². The lowest BCUT2D eigenvalue weighted by molar-refractivity contribution is -0.115. The molecule has 0 aromatic carbocycles. The molecule has 0 radical (unpaired) electrons. The summed E-state index contributed by atoms with van der Waals surface area (Å²) in [5.41, 5.74) is 0. The zero-order valence-electron chi connectivity index (χ0n) is 13.9. The Bertz CT molecular complexity index is 906. The molecule has 26 heavy (non-hydrogen) atoms. The van der Waals surface area contributed by atoms with Gasteiger partial charge in [-0.2, -0.15) is 0 Å². The second-order valence-corrected chi connectivity index (χ2v) is 8.69. The summed E-state index contributed by atoms with van der Waals surface area (Å²) in [7, 11) is 0. The van der Waals surface area contributed by atoms with Crippen LogP contribution in [0.5, 0.6) is 0 Å². The third kappa shape index (κ3) is 3.77. The molecule has 0 saturated heterocycles. The van der Waals surface area contributed by atoms with Crippen molar-refractivity contribution in [3.05, 3.63) is 40.9 Å². The largest absolute Gasteiger partial charge is 0.310 e. The second kappa shape index (κ2) is 7.38. The Morgan fingerprint density at radius 1 is 1.38 bits per heavy atom. The lowest BCUT2D eigenvalue weighted by Gasteiger charge is -2.12. The van der Waals surface area contributed by atoms with E-state index in [9.17, 15) is 4.79 Å². The number of carbonyl (C=O) groups excluding carboxylic acids is 1. The van der Waals surface area contributed by atoms with Gasteiger partial charge in [0.2, 0.25) is 5.91 Å². The molecule has 1 amide bonds. The van der Waals surface area contributed by atoms with E-state index in [0.29, 0.717) is 16.9 Å². The van der Waals surface area contributed by atoms with Crippen LogP contribution in [0.4, 0.5) is 5.82 Å². The standard InChI is InChI=1S/C17H16ClN5OS2/c1-10(16(24)20-14-7-4-11(18)9-19-14)26-17-22-21-15(13-3-2-8-25-13)23(17)12-5-6-12/h2-4,7-10,12H,5-6H2,1H3,(H,19,20,24). The minimum atomic E-state index is -0.328. The number of rotatable bonds is 6. The maximum atomic E-state index is 12.5. The highest BCUT2D eigenvalue weighted by molar-refractivity contribution is 8.00. The fourth-order valence-corrected chi connectivity index (χ4v) is 4.22. The van der Waals surface area contributed by atoms with Crippen molar-refractivity contribution in [1.29, 1.82) is 0 Å². The van der Waals surface area contributed by atoms with Gasteiger partial charge in [0.05, 0.1) is 15.1 Å². The lowest BCUT2D eigenvalue weighted by atomic mass is 10.4. The molecule has 3 heterocycles. The van der Waals surface area contributed by atoms with E-state index in [1.54, 1.807) is 23.5 Å². The van der Waals surface area contributed by atoms with Crippen LogP contribution in [0.2, 0.25) is 5.02 Å². The average Bonchev–Trinajstić information content (AvgIpc) is 3.16. The topological polar surface area (TPSA) is 72.7 Å². The van der Waals surface area contributed by atoms with Crippen LogP contribution < -0.4 is 5.32 Å². The average molecular weight is 406 g/mol. The number of pyridine rings is 1. The van der Waals surface area contributed by atoms with Crippen molar-refractivity contribution in [2.75, 3.05) is 5.32 Å². The van der Waals surface area contributed by atoms with Gasteiger partial charge in [-0.15, -0.1) is 21.5 Å². The number of aromatic nitrogens is 4. The van der Waals surface area contributed by atoms with Gasteiger partial charge in [0.1, 0.15) is 5.82 Å². The van der Waals surface area contributed by atoms with Crippen molar-refractivity contribution in [2.24, 2.45) is 0 Å². The third-order valence-corrected chi connectivity index (χ3v) is 6.09. The highest BCUT2D eigenvalue weighted by Crippen LogP contribution is 2.42. The molecular weight excluding hydrogens is 390 g/mol. The number of hydrogen-bond acceptors (Lipinski definition) is 6. The smallest absolute Gasteiger partial charge is 0.238 e. The first-order valence-electron chi connectivity index (χ1n) is 8.19. The normalized spacial score (nSPS) is 15.0. The lowest BCUT2D eigenvalue weighted by Crippen LogP contribution is -2.23. The van der Waals surface area contributed by atoms with Crippen molar-refractivity contribution in [2.45, 2.75) is 36.2 Å². The minimum Gasteiger partial charge on any atom is -0.310 e. The van der Waals surface area contributed by atoms with Crippen LogP contribution in [-0.2, 0) is 4.79 Å². The number of thioether (sulfide) groups is 1. The van der Waals surface area contributed by atoms with E-state index in [-0.39, 0.29) is 11.2 Å². The Labute approximate surface area is 164 Å². The fourth-order valence-electron chi connectivity index (χ4n) is 2.48. The van der Waals surface area contributed by atoms with Gasteiger partial charge < -0.3 is 5.32 Å². The van der Waals surface area contributed by atoms with Crippen molar-refractivity contribution in [1.82, 2.24) is 19.7 Å². The Balaban J connectivity index is 1.50. The molecule has 1 saturated carbocycles. The van der Waals surface area contributed by atoms with Gasteiger partial charge in [-0.25, -0.2) is 4.98 Å². The number of thiophene rings is 1. The van der Waals surface area contributed by atoms with Crippen LogP contribution in [0.15, 0.2) is 41.0 Å². The molecule has 1 aliphatic carbocycles. The summed E-state index contributed by atoms with van der Waals surface area (Å²) >= 11 is 8.88. The van der Waals surface area contributed by atoms with E-state index in [1.165, 1.54) is 18.0 Å². The summed E-state index contributed by atoms with van der Waals surface area (Å²) in [6.45, 7) is 1.85. The highest BCUT2D eigenvalue weighted by Gasteiger charge is 2.31.